The number of benzene rings is 2. The van der Waals surface area contributed by atoms with Crippen LogP contribution in [0.15, 0.2) is 36.4 Å². The molecule has 1 unspecified atom stereocenters. The third kappa shape index (κ3) is 3.90. The normalized spacial score (nSPS) is 18.6. The molecule has 1 atom stereocenters. The van der Waals surface area contributed by atoms with Gasteiger partial charge in [0.05, 0.1) is 37.8 Å². The maximum absolute atomic E-state index is 13.1. The van der Waals surface area contributed by atoms with E-state index in [1.54, 1.807) is 7.11 Å². The van der Waals surface area contributed by atoms with Gasteiger partial charge in [-0.15, -0.1) is 0 Å². The van der Waals surface area contributed by atoms with Crippen molar-refractivity contribution in [1.82, 2.24) is 4.90 Å². The predicted octanol–water partition coefficient (Wildman–Crippen LogP) is 4.42. The van der Waals surface area contributed by atoms with E-state index in [1.807, 2.05) is 41.3 Å². The van der Waals surface area contributed by atoms with Crippen LogP contribution in [0.25, 0.3) is 0 Å². The molecule has 0 aromatic heterocycles. The highest BCUT2D eigenvalue weighted by Gasteiger charge is 2.30. The molecule has 0 aliphatic carbocycles. The molecule has 0 spiro atoms. The van der Waals surface area contributed by atoms with Gasteiger partial charge in [-0.25, -0.2) is 0 Å². The molecule has 2 heterocycles. The van der Waals surface area contributed by atoms with E-state index in [4.69, 9.17) is 25.8 Å². The zero-order chi connectivity index (χ0) is 19.5. The molecule has 2 aliphatic rings. The first kappa shape index (κ1) is 18.9. The van der Waals surface area contributed by atoms with Gasteiger partial charge in [-0.2, -0.15) is 0 Å². The van der Waals surface area contributed by atoms with Gasteiger partial charge in [-0.1, -0.05) is 23.7 Å². The van der Waals surface area contributed by atoms with Crippen molar-refractivity contribution in [3.05, 3.63) is 52.5 Å². The second-order valence-corrected chi connectivity index (χ2v) is 7.56. The number of methoxy groups -OCH3 is 1. The molecular formula is C22H24ClNO4. The van der Waals surface area contributed by atoms with Crippen LogP contribution in [0.3, 0.4) is 0 Å². The van der Waals surface area contributed by atoms with Gasteiger partial charge >= 0.3 is 0 Å². The number of carbonyl (C=O) groups is 1. The Bertz CT molecular complexity index is 852. The lowest BCUT2D eigenvalue weighted by Gasteiger charge is -2.25. The van der Waals surface area contributed by atoms with Crippen molar-refractivity contribution >= 4 is 17.5 Å². The van der Waals surface area contributed by atoms with Gasteiger partial charge < -0.3 is 19.1 Å². The first-order chi connectivity index (χ1) is 13.7. The molecule has 0 saturated carbocycles. The van der Waals surface area contributed by atoms with Crippen molar-refractivity contribution in [1.29, 1.82) is 0 Å². The van der Waals surface area contributed by atoms with Crippen LogP contribution in [0.4, 0.5) is 0 Å². The van der Waals surface area contributed by atoms with Crippen LogP contribution in [0, 0.1) is 0 Å². The van der Waals surface area contributed by atoms with Gasteiger partial charge in [0.2, 0.25) is 5.91 Å². The number of halogens is 1. The van der Waals surface area contributed by atoms with Gasteiger partial charge in [-0.3, -0.25) is 4.79 Å². The number of fused-ring (bicyclic) bond motifs is 1. The Morgan fingerprint density at radius 1 is 1.18 bits per heavy atom. The summed E-state index contributed by atoms with van der Waals surface area (Å²) >= 11 is 6.37. The Morgan fingerprint density at radius 2 is 1.96 bits per heavy atom. The molecule has 28 heavy (non-hydrogen) atoms. The summed E-state index contributed by atoms with van der Waals surface area (Å²) in [5.41, 5.74) is 1.99. The Balaban J connectivity index is 1.51. The fourth-order valence-corrected chi connectivity index (χ4v) is 4.19. The summed E-state index contributed by atoms with van der Waals surface area (Å²) in [6.45, 7) is 1.95. The van der Waals surface area contributed by atoms with Crippen molar-refractivity contribution in [2.45, 2.75) is 31.7 Å². The van der Waals surface area contributed by atoms with E-state index in [0.717, 1.165) is 42.7 Å². The first-order valence-corrected chi connectivity index (χ1v) is 10.0. The summed E-state index contributed by atoms with van der Waals surface area (Å²) in [5, 5.41) is 0.496. The lowest BCUT2D eigenvalue weighted by Crippen LogP contribution is -2.31. The molecule has 2 aromatic rings. The minimum absolute atomic E-state index is 0.101. The quantitative estimate of drug-likeness (QED) is 0.761. The highest BCUT2D eigenvalue weighted by molar-refractivity contribution is 6.32. The van der Waals surface area contributed by atoms with Crippen molar-refractivity contribution < 1.29 is 19.0 Å². The highest BCUT2D eigenvalue weighted by Crippen LogP contribution is 2.39. The van der Waals surface area contributed by atoms with Crippen LogP contribution < -0.4 is 14.2 Å². The molecule has 4 rings (SSSR count). The maximum Gasteiger partial charge on any atom is 0.227 e. The third-order valence-electron chi connectivity index (χ3n) is 5.29. The van der Waals surface area contributed by atoms with E-state index < -0.39 is 0 Å². The molecule has 148 valence electrons. The van der Waals surface area contributed by atoms with Crippen LogP contribution in [-0.2, 0) is 11.2 Å². The van der Waals surface area contributed by atoms with Crippen LogP contribution in [-0.4, -0.2) is 37.7 Å². The average molecular weight is 402 g/mol. The Labute approximate surface area is 170 Å². The number of amides is 1. The number of likely N-dealkylation sites (tertiary alicyclic amines) is 1. The number of ether oxygens (including phenoxy) is 3. The van der Waals surface area contributed by atoms with E-state index >= 15 is 0 Å². The Morgan fingerprint density at radius 3 is 2.75 bits per heavy atom. The van der Waals surface area contributed by atoms with Crippen molar-refractivity contribution in [2.75, 3.05) is 26.9 Å². The van der Waals surface area contributed by atoms with E-state index in [9.17, 15) is 4.79 Å². The SMILES string of the molecule is COc1ccc(C2CCCN2C(=O)Cc2cc(Cl)c3c(c2)OCCCO3)cc1. The number of hydrogen-bond acceptors (Lipinski definition) is 4. The Hall–Kier alpha value is -2.40. The zero-order valence-corrected chi connectivity index (χ0v) is 16.7. The van der Waals surface area contributed by atoms with Gasteiger partial charge in [0, 0.05) is 13.0 Å². The van der Waals surface area contributed by atoms with E-state index in [-0.39, 0.29) is 11.9 Å². The molecule has 2 aromatic carbocycles. The van der Waals surface area contributed by atoms with E-state index in [2.05, 4.69) is 0 Å². The molecule has 0 N–H and O–H groups in total. The van der Waals surface area contributed by atoms with Crippen molar-refractivity contribution in [3.8, 4) is 17.2 Å². The lowest BCUT2D eigenvalue weighted by molar-refractivity contribution is -0.131. The fraction of sp³-hybridized carbons (Fsp3) is 0.409. The number of nitrogens with zero attached hydrogens (tertiary/aromatic N) is 1. The molecular weight excluding hydrogens is 378 g/mol. The summed E-state index contributed by atoms with van der Waals surface area (Å²) in [6, 6.07) is 11.8. The zero-order valence-electron chi connectivity index (χ0n) is 15.9. The fourth-order valence-electron chi connectivity index (χ4n) is 3.90. The third-order valence-corrected chi connectivity index (χ3v) is 5.57. The largest absolute Gasteiger partial charge is 0.497 e. The predicted molar refractivity (Wildman–Crippen MR) is 107 cm³/mol. The summed E-state index contributed by atoms with van der Waals surface area (Å²) in [6.07, 6.45) is 3.09. The smallest absolute Gasteiger partial charge is 0.227 e. The van der Waals surface area contributed by atoms with Crippen LogP contribution in [0.5, 0.6) is 17.2 Å². The van der Waals surface area contributed by atoms with Crippen LogP contribution >= 0.6 is 11.6 Å². The molecule has 2 aliphatic heterocycles. The highest BCUT2D eigenvalue weighted by atomic mass is 35.5. The average Bonchev–Trinajstić information content (AvgIpc) is 3.07. The lowest BCUT2D eigenvalue weighted by atomic mass is 10.0. The van der Waals surface area contributed by atoms with Gasteiger partial charge in [0.25, 0.3) is 0 Å². The van der Waals surface area contributed by atoms with Crippen molar-refractivity contribution in [3.63, 3.8) is 0 Å². The van der Waals surface area contributed by atoms with E-state index in [0.29, 0.717) is 36.2 Å². The molecule has 1 amide bonds. The molecule has 6 heteroatoms. The number of carbonyl (C=O) groups excluding carboxylic acids is 1. The molecule has 1 saturated heterocycles. The van der Waals surface area contributed by atoms with E-state index in [1.165, 1.54) is 0 Å². The van der Waals surface area contributed by atoms with Gasteiger partial charge in [0.15, 0.2) is 11.5 Å². The summed E-state index contributed by atoms with van der Waals surface area (Å²) in [4.78, 5) is 15.0. The maximum atomic E-state index is 13.1. The topological polar surface area (TPSA) is 48.0 Å². The molecule has 1 fully saturated rings. The summed E-state index contributed by atoms with van der Waals surface area (Å²) < 4.78 is 16.6. The standard InChI is InChI=1S/C22H24ClNO4/c1-26-17-7-5-16(6-8-17)19-4-2-9-24(19)21(25)14-15-12-18(23)22-20(13-15)27-10-3-11-28-22/h5-8,12-13,19H,2-4,9-11,14H2,1H3. The van der Waals surface area contributed by atoms with Crippen LogP contribution in [0.1, 0.15) is 36.4 Å². The van der Waals surface area contributed by atoms with Crippen LogP contribution in [0.2, 0.25) is 5.02 Å². The van der Waals surface area contributed by atoms with Gasteiger partial charge in [0.1, 0.15) is 5.75 Å². The summed E-state index contributed by atoms with van der Waals surface area (Å²) in [5.74, 6) is 2.12. The minimum atomic E-state index is 0.101. The summed E-state index contributed by atoms with van der Waals surface area (Å²) in [7, 11) is 1.65. The second kappa shape index (κ2) is 8.31. The second-order valence-electron chi connectivity index (χ2n) is 7.15. The Kier molecular flexibility index (Phi) is 5.62. The molecule has 0 bridgehead atoms. The van der Waals surface area contributed by atoms with Crippen molar-refractivity contribution in [2.24, 2.45) is 0 Å². The molecule has 0 radical (unpaired) electrons. The monoisotopic (exact) mass is 401 g/mol. The van der Waals surface area contributed by atoms with Gasteiger partial charge in [-0.05, 0) is 48.2 Å². The number of hydrogen-bond donors (Lipinski definition) is 0. The molecule has 5 nitrogen and oxygen atoms in total. The first-order valence-electron chi connectivity index (χ1n) is 9.67. The number of rotatable bonds is 4. The minimum Gasteiger partial charge on any atom is -0.497 e.